The Balaban J connectivity index is 1.35. The molecular weight excluding hydrogens is 404 g/mol. The molecule has 4 rings (SSSR count). The number of hydrogen-bond donors (Lipinski definition) is 0. The van der Waals surface area contributed by atoms with Gasteiger partial charge in [-0.05, 0) is 30.2 Å². The van der Waals surface area contributed by atoms with Crippen molar-refractivity contribution in [3.63, 3.8) is 0 Å². The molecule has 0 radical (unpaired) electrons. The predicted octanol–water partition coefficient (Wildman–Crippen LogP) is 4.06. The zero-order chi connectivity index (χ0) is 20.2. The monoisotopic (exact) mass is 426 g/mol. The van der Waals surface area contributed by atoms with Crippen molar-refractivity contribution >= 4 is 34.2 Å². The Bertz CT molecular complexity index is 960. The van der Waals surface area contributed by atoms with Crippen LogP contribution in [0.2, 0.25) is 5.02 Å². The highest BCUT2D eigenvalue weighted by Crippen LogP contribution is 2.23. The topological polar surface area (TPSA) is 49.3 Å². The highest BCUT2D eigenvalue weighted by Gasteiger charge is 2.28. The lowest BCUT2D eigenvalue weighted by molar-refractivity contribution is -0.132. The third-order valence-electron chi connectivity index (χ3n) is 5.15. The first-order valence-electron chi connectivity index (χ1n) is 9.74. The van der Waals surface area contributed by atoms with Gasteiger partial charge in [0.05, 0.1) is 6.42 Å². The second kappa shape index (κ2) is 8.93. The summed E-state index contributed by atoms with van der Waals surface area (Å²) in [6.45, 7) is 4.36. The zero-order valence-corrected chi connectivity index (χ0v) is 17.9. The Labute approximate surface area is 180 Å². The van der Waals surface area contributed by atoms with E-state index in [1.807, 2.05) is 59.5 Å². The van der Waals surface area contributed by atoms with Crippen LogP contribution >= 0.6 is 23.1 Å². The molecule has 5 nitrogen and oxygen atoms in total. The van der Waals surface area contributed by atoms with Crippen LogP contribution in [-0.2, 0) is 17.6 Å². The average molecular weight is 427 g/mol. The second-order valence-electron chi connectivity index (χ2n) is 7.34. The van der Waals surface area contributed by atoms with Gasteiger partial charge in [0.15, 0.2) is 0 Å². The fraction of sp³-hybridized carbons (Fsp3) is 0.318. The van der Waals surface area contributed by atoms with Crippen molar-refractivity contribution in [2.75, 3.05) is 24.5 Å². The van der Waals surface area contributed by atoms with E-state index < -0.39 is 0 Å². The van der Waals surface area contributed by atoms with Crippen LogP contribution in [0.15, 0.2) is 54.6 Å². The number of benzene rings is 2. The predicted molar refractivity (Wildman–Crippen MR) is 118 cm³/mol. The van der Waals surface area contributed by atoms with Gasteiger partial charge in [-0.25, -0.2) is 4.98 Å². The molecule has 0 bridgehead atoms. The van der Waals surface area contributed by atoms with E-state index in [0.29, 0.717) is 19.4 Å². The van der Waals surface area contributed by atoms with E-state index in [1.165, 1.54) is 11.5 Å². The number of piperazine rings is 1. The molecule has 1 aliphatic rings. The summed E-state index contributed by atoms with van der Waals surface area (Å²) in [6.07, 6.45) is 1.15. The summed E-state index contributed by atoms with van der Waals surface area (Å²) in [6, 6.07) is 17.8. The van der Waals surface area contributed by atoms with Crippen molar-refractivity contribution in [1.82, 2.24) is 14.3 Å². The van der Waals surface area contributed by atoms with Gasteiger partial charge in [0.2, 0.25) is 11.0 Å². The molecule has 0 saturated carbocycles. The van der Waals surface area contributed by atoms with Crippen LogP contribution in [0.4, 0.5) is 5.13 Å². The Morgan fingerprint density at radius 3 is 2.59 bits per heavy atom. The number of halogens is 1. The molecule has 2 aromatic carbocycles. The summed E-state index contributed by atoms with van der Waals surface area (Å²) >= 11 is 7.38. The molecule has 1 aromatic heterocycles. The molecule has 2 heterocycles. The first kappa shape index (κ1) is 19.9. The lowest BCUT2D eigenvalue weighted by atomic mass is 10.1. The van der Waals surface area contributed by atoms with Crippen LogP contribution in [0, 0.1) is 0 Å². The van der Waals surface area contributed by atoms with E-state index in [4.69, 9.17) is 16.6 Å². The average Bonchev–Trinajstić information content (AvgIpc) is 3.19. The number of amides is 1. The molecule has 150 valence electrons. The molecule has 1 amide bonds. The summed E-state index contributed by atoms with van der Waals surface area (Å²) in [5.41, 5.74) is 2.20. The zero-order valence-electron chi connectivity index (χ0n) is 16.3. The van der Waals surface area contributed by atoms with Gasteiger partial charge in [0.25, 0.3) is 0 Å². The van der Waals surface area contributed by atoms with E-state index in [1.54, 1.807) is 0 Å². The lowest BCUT2D eigenvalue weighted by Gasteiger charge is -2.39. The molecule has 3 aromatic rings. The lowest BCUT2D eigenvalue weighted by Crippen LogP contribution is -2.54. The number of nitrogens with zero attached hydrogens (tertiary/aromatic N) is 4. The molecule has 0 spiro atoms. The summed E-state index contributed by atoms with van der Waals surface area (Å²) in [4.78, 5) is 21.7. The van der Waals surface area contributed by atoms with Crippen LogP contribution in [0.3, 0.4) is 0 Å². The summed E-state index contributed by atoms with van der Waals surface area (Å²) in [5.74, 6) is 1.01. The van der Waals surface area contributed by atoms with Gasteiger partial charge >= 0.3 is 0 Å². The van der Waals surface area contributed by atoms with E-state index in [-0.39, 0.29) is 11.9 Å². The van der Waals surface area contributed by atoms with Crippen molar-refractivity contribution in [3.8, 4) is 0 Å². The van der Waals surface area contributed by atoms with Gasteiger partial charge in [0, 0.05) is 48.7 Å². The maximum absolute atomic E-state index is 12.7. The smallest absolute Gasteiger partial charge is 0.227 e. The quantitative estimate of drug-likeness (QED) is 0.617. The maximum atomic E-state index is 12.7. The number of rotatable bonds is 5. The maximum Gasteiger partial charge on any atom is 0.227 e. The van der Waals surface area contributed by atoms with Crippen LogP contribution in [-0.4, -0.2) is 45.8 Å². The fourth-order valence-corrected chi connectivity index (χ4v) is 4.45. The van der Waals surface area contributed by atoms with Crippen molar-refractivity contribution in [2.24, 2.45) is 0 Å². The van der Waals surface area contributed by atoms with Crippen molar-refractivity contribution in [2.45, 2.75) is 25.8 Å². The minimum absolute atomic E-state index is 0.142. The van der Waals surface area contributed by atoms with Crippen LogP contribution < -0.4 is 4.90 Å². The standard InChI is InChI=1S/C22H23ClN4OS/c1-16-15-26(11-12-27(16)21(28)14-17-5-3-2-4-6-17)22-24-20(25-29-22)13-18-7-9-19(23)10-8-18/h2-10,16H,11-15H2,1H3. The van der Waals surface area contributed by atoms with E-state index in [9.17, 15) is 4.79 Å². The van der Waals surface area contributed by atoms with Crippen molar-refractivity contribution in [1.29, 1.82) is 0 Å². The number of hydrogen-bond acceptors (Lipinski definition) is 5. The normalized spacial score (nSPS) is 16.8. The minimum atomic E-state index is 0.142. The summed E-state index contributed by atoms with van der Waals surface area (Å²) in [5, 5.41) is 1.66. The van der Waals surface area contributed by atoms with Crippen LogP contribution in [0.1, 0.15) is 23.9 Å². The Morgan fingerprint density at radius 1 is 1.10 bits per heavy atom. The van der Waals surface area contributed by atoms with Crippen LogP contribution in [0.5, 0.6) is 0 Å². The van der Waals surface area contributed by atoms with Gasteiger partial charge in [-0.1, -0.05) is 54.1 Å². The third kappa shape index (κ3) is 4.95. The number of carbonyl (C=O) groups excluding carboxylic acids is 1. The molecular formula is C22H23ClN4OS. The number of aromatic nitrogens is 2. The SMILES string of the molecule is CC1CN(c2nc(Cc3ccc(Cl)cc3)ns2)CCN1C(=O)Cc1ccccc1. The fourth-order valence-electron chi connectivity index (χ4n) is 3.60. The van der Waals surface area contributed by atoms with Crippen molar-refractivity contribution < 1.29 is 4.79 Å². The van der Waals surface area contributed by atoms with Gasteiger partial charge < -0.3 is 9.80 Å². The Kier molecular flexibility index (Phi) is 6.11. The highest BCUT2D eigenvalue weighted by molar-refractivity contribution is 7.09. The van der Waals surface area contributed by atoms with Gasteiger partial charge in [0.1, 0.15) is 5.82 Å². The molecule has 1 fully saturated rings. The largest absolute Gasteiger partial charge is 0.343 e. The highest BCUT2D eigenvalue weighted by atomic mass is 35.5. The molecule has 7 heteroatoms. The summed E-state index contributed by atoms with van der Waals surface area (Å²) in [7, 11) is 0. The Morgan fingerprint density at radius 2 is 1.86 bits per heavy atom. The Hall–Kier alpha value is -2.44. The number of anilines is 1. The second-order valence-corrected chi connectivity index (χ2v) is 8.51. The third-order valence-corrected chi connectivity index (χ3v) is 6.22. The summed E-state index contributed by atoms with van der Waals surface area (Å²) < 4.78 is 4.52. The van der Waals surface area contributed by atoms with Gasteiger partial charge in [-0.2, -0.15) is 4.37 Å². The molecule has 0 N–H and O–H groups in total. The molecule has 1 unspecified atom stereocenters. The van der Waals surface area contributed by atoms with E-state index in [2.05, 4.69) is 16.2 Å². The van der Waals surface area contributed by atoms with Crippen LogP contribution in [0.25, 0.3) is 0 Å². The molecule has 0 aliphatic carbocycles. The van der Waals surface area contributed by atoms with E-state index in [0.717, 1.165) is 40.2 Å². The molecule has 1 atom stereocenters. The first-order chi connectivity index (χ1) is 14.1. The molecule has 1 aliphatic heterocycles. The van der Waals surface area contributed by atoms with Crippen molar-refractivity contribution in [3.05, 3.63) is 76.6 Å². The van der Waals surface area contributed by atoms with Gasteiger partial charge in [-0.15, -0.1) is 0 Å². The molecule has 29 heavy (non-hydrogen) atoms. The minimum Gasteiger partial charge on any atom is -0.343 e. The number of carbonyl (C=O) groups is 1. The molecule has 1 saturated heterocycles. The van der Waals surface area contributed by atoms with Gasteiger partial charge in [-0.3, -0.25) is 4.79 Å². The van der Waals surface area contributed by atoms with E-state index >= 15 is 0 Å². The first-order valence-corrected chi connectivity index (χ1v) is 10.9.